The summed E-state index contributed by atoms with van der Waals surface area (Å²) in [5.74, 6) is 0.569. The highest BCUT2D eigenvalue weighted by Crippen LogP contribution is 2.30. The van der Waals surface area contributed by atoms with Crippen molar-refractivity contribution in [1.29, 1.82) is 0 Å². The van der Waals surface area contributed by atoms with Crippen LogP contribution < -0.4 is 9.47 Å². The van der Waals surface area contributed by atoms with Gasteiger partial charge in [-0.25, -0.2) is 4.79 Å². The van der Waals surface area contributed by atoms with E-state index < -0.39 is 5.97 Å². The molecular formula is C18H16O4. The SMILES string of the molecule is COc1cc(C)ccc1OC(=O)c1oc2ccccc2c1C. The van der Waals surface area contributed by atoms with Crippen molar-refractivity contribution < 1.29 is 18.7 Å². The van der Waals surface area contributed by atoms with Gasteiger partial charge in [0, 0.05) is 10.9 Å². The molecule has 0 saturated heterocycles. The second kappa shape index (κ2) is 5.56. The molecule has 3 rings (SSSR count). The molecule has 0 aliphatic heterocycles. The molecule has 0 aliphatic rings. The summed E-state index contributed by atoms with van der Waals surface area (Å²) in [7, 11) is 1.54. The molecule has 112 valence electrons. The van der Waals surface area contributed by atoms with E-state index in [1.807, 2.05) is 50.2 Å². The zero-order chi connectivity index (χ0) is 15.7. The minimum Gasteiger partial charge on any atom is -0.493 e. The van der Waals surface area contributed by atoms with Crippen molar-refractivity contribution in [2.24, 2.45) is 0 Å². The van der Waals surface area contributed by atoms with Gasteiger partial charge in [0.15, 0.2) is 11.5 Å². The maximum Gasteiger partial charge on any atom is 0.380 e. The lowest BCUT2D eigenvalue weighted by Gasteiger charge is -2.09. The summed E-state index contributed by atoms with van der Waals surface area (Å²) >= 11 is 0. The van der Waals surface area contributed by atoms with E-state index in [1.54, 1.807) is 13.2 Å². The number of carbonyl (C=O) groups is 1. The number of furan rings is 1. The summed E-state index contributed by atoms with van der Waals surface area (Å²) in [5.41, 5.74) is 2.46. The minimum atomic E-state index is -0.532. The van der Waals surface area contributed by atoms with Gasteiger partial charge < -0.3 is 13.9 Å². The van der Waals surface area contributed by atoms with Gasteiger partial charge in [0.2, 0.25) is 5.76 Å². The molecule has 1 heterocycles. The van der Waals surface area contributed by atoms with Crippen LogP contribution in [0.15, 0.2) is 46.9 Å². The molecule has 22 heavy (non-hydrogen) atoms. The van der Waals surface area contributed by atoms with Gasteiger partial charge >= 0.3 is 5.97 Å². The van der Waals surface area contributed by atoms with E-state index in [2.05, 4.69) is 0 Å². The van der Waals surface area contributed by atoms with Gasteiger partial charge in [0.05, 0.1) is 7.11 Å². The molecule has 0 spiro atoms. The summed E-state index contributed by atoms with van der Waals surface area (Å²) in [6.45, 7) is 3.78. The minimum absolute atomic E-state index is 0.212. The number of ether oxygens (including phenoxy) is 2. The number of benzene rings is 2. The zero-order valence-electron chi connectivity index (χ0n) is 12.7. The van der Waals surface area contributed by atoms with Crippen LogP contribution in [0.1, 0.15) is 21.7 Å². The maximum atomic E-state index is 12.4. The second-order valence-electron chi connectivity index (χ2n) is 5.10. The molecule has 2 aromatic carbocycles. The number of hydrogen-bond acceptors (Lipinski definition) is 4. The summed E-state index contributed by atoms with van der Waals surface area (Å²) in [6.07, 6.45) is 0. The van der Waals surface area contributed by atoms with E-state index in [0.29, 0.717) is 17.1 Å². The highest BCUT2D eigenvalue weighted by Gasteiger charge is 2.20. The van der Waals surface area contributed by atoms with Crippen molar-refractivity contribution in [3.05, 3.63) is 59.4 Å². The maximum absolute atomic E-state index is 12.4. The molecule has 0 N–H and O–H groups in total. The number of esters is 1. The summed E-state index contributed by atoms with van der Waals surface area (Å²) in [5, 5.41) is 0.908. The highest BCUT2D eigenvalue weighted by molar-refractivity contribution is 5.97. The number of fused-ring (bicyclic) bond motifs is 1. The fourth-order valence-electron chi connectivity index (χ4n) is 2.37. The largest absolute Gasteiger partial charge is 0.493 e. The first-order valence-corrected chi connectivity index (χ1v) is 6.95. The van der Waals surface area contributed by atoms with Crippen LogP contribution in [0.5, 0.6) is 11.5 Å². The standard InChI is InChI=1S/C18H16O4/c1-11-8-9-15(16(10-11)20-3)22-18(19)17-12(2)13-6-4-5-7-14(13)21-17/h4-10H,1-3H3. The number of carbonyl (C=O) groups excluding carboxylic acids is 1. The lowest BCUT2D eigenvalue weighted by Crippen LogP contribution is -2.09. The Hall–Kier alpha value is -2.75. The Kier molecular flexibility index (Phi) is 3.59. The first-order valence-electron chi connectivity index (χ1n) is 6.95. The van der Waals surface area contributed by atoms with Gasteiger partial charge in [-0.2, -0.15) is 0 Å². The predicted octanol–water partition coefficient (Wildman–Crippen LogP) is 4.28. The summed E-state index contributed by atoms with van der Waals surface area (Å²) < 4.78 is 16.3. The highest BCUT2D eigenvalue weighted by atomic mass is 16.6. The number of aryl methyl sites for hydroxylation is 2. The van der Waals surface area contributed by atoms with Crippen LogP contribution >= 0.6 is 0 Å². The average molecular weight is 296 g/mol. The van der Waals surface area contributed by atoms with Gasteiger partial charge in [-0.1, -0.05) is 24.3 Å². The van der Waals surface area contributed by atoms with E-state index in [0.717, 1.165) is 16.5 Å². The third-order valence-electron chi connectivity index (χ3n) is 3.55. The monoisotopic (exact) mass is 296 g/mol. The molecule has 4 heteroatoms. The molecule has 0 aliphatic carbocycles. The van der Waals surface area contributed by atoms with Gasteiger partial charge in [0.25, 0.3) is 0 Å². The van der Waals surface area contributed by atoms with Gasteiger partial charge in [-0.05, 0) is 37.6 Å². The number of para-hydroxylation sites is 1. The number of methoxy groups -OCH3 is 1. The Bertz CT molecular complexity index is 845. The number of rotatable bonds is 3. The smallest absolute Gasteiger partial charge is 0.380 e. The topological polar surface area (TPSA) is 48.7 Å². The average Bonchev–Trinajstić information content (AvgIpc) is 2.86. The van der Waals surface area contributed by atoms with Crippen LogP contribution in [0, 0.1) is 13.8 Å². The normalized spacial score (nSPS) is 10.7. The van der Waals surface area contributed by atoms with E-state index in [4.69, 9.17) is 13.9 Å². The quantitative estimate of drug-likeness (QED) is 0.534. The first kappa shape index (κ1) is 14.2. The van der Waals surface area contributed by atoms with Crippen LogP contribution in [0.4, 0.5) is 0 Å². The molecule has 3 aromatic rings. The van der Waals surface area contributed by atoms with E-state index in [9.17, 15) is 4.79 Å². The Morgan fingerprint density at radius 2 is 1.82 bits per heavy atom. The Labute approximate surface area is 128 Å². The van der Waals surface area contributed by atoms with Gasteiger partial charge in [-0.15, -0.1) is 0 Å². The van der Waals surface area contributed by atoms with Gasteiger partial charge in [-0.3, -0.25) is 0 Å². The molecule has 0 radical (unpaired) electrons. The molecule has 0 atom stereocenters. The molecule has 0 amide bonds. The molecule has 0 bridgehead atoms. The van der Waals surface area contributed by atoms with E-state index in [-0.39, 0.29) is 5.76 Å². The van der Waals surface area contributed by atoms with Crippen molar-refractivity contribution in [2.75, 3.05) is 7.11 Å². The van der Waals surface area contributed by atoms with Crippen LogP contribution in [0.25, 0.3) is 11.0 Å². The van der Waals surface area contributed by atoms with Crippen molar-refractivity contribution in [1.82, 2.24) is 0 Å². The van der Waals surface area contributed by atoms with Crippen molar-refractivity contribution in [3.8, 4) is 11.5 Å². The van der Waals surface area contributed by atoms with Crippen molar-refractivity contribution >= 4 is 16.9 Å². The second-order valence-corrected chi connectivity index (χ2v) is 5.10. The van der Waals surface area contributed by atoms with Gasteiger partial charge in [0.1, 0.15) is 5.58 Å². The summed E-state index contributed by atoms with van der Waals surface area (Å²) in [4.78, 5) is 12.4. The Morgan fingerprint density at radius 3 is 2.55 bits per heavy atom. The Balaban J connectivity index is 1.95. The fraction of sp³-hybridized carbons (Fsp3) is 0.167. The van der Waals surface area contributed by atoms with Crippen molar-refractivity contribution in [3.63, 3.8) is 0 Å². The lowest BCUT2D eigenvalue weighted by atomic mass is 10.1. The van der Waals surface area contributed by atoms with Crippen LogP contribution in [0.2, 0.25) is 0 Å². The van der Waals surface area contributed by atoms with E-state index in [1.165, 1.54) is 0 Å². The van der Waals surface area contributed by atoms with Crippen LogP contribution in [0.3, 0.4) is 0 Å². The lowest BCUT2D eigenvalue weighted by molar-refractivity contribution is 0.0698. The Morgan fingerprint density at radius 1 is 1.05 bits per heavy atom. The predicted molar refractivity (Wildman–Crippen MR) is 83.6 cm³/mol. The van der Waals surface area contributed by atoms with Crippen LogP contribution in [-0.2, 0) is 0 Å². The molecule has 0 fully saturated rings. The van der Waals surface area contributed by atoms with Crippen LogP contribution in [-0.4, -0.2) is 13.1 Å². The first-order chi connectivity index (χ1) is 10.6. The van der Waals surface area contributed by atoms with Crippen molar-refractivity contribution in [2.45, 2.75) is 13.8 Å². The third-order valence-corrected chi connectivity index (χ3v) is 3.55. The number of hydrogen-bond donors (Lipinski definition) is 0. The molecule has 0 unspecified atom stereocenters. The molecule has 4 nitrogen and oxygen atoms in total. The molecular weight excluding hydrogens is 280 g/mol. The summed E-state index contributed by atoms with van der Waals surface area (Å²) in [6, 6.07) is 12.9. The molecule has 1 aromatic heterocycles. The molecule has 0 saturated carbocycles. The zero-order valence-corrected chi connectivity index (χ0v) is 12.7. The van der Waals surface area contributed by atoms with E-state index >= 15 is 0 Å². The fourth-order valence-corrected chi connectivity index (χ4v) is 2.37. The third kappa shape index (κ3) is 2.44.